The maximum absolute atomic E-state index is 14.5. The molecule has 2 fully saturated rings. The molecule has 1 atom stereocenters. The fourth-order valence-electron chi connectivity index (χ4n) is 5.44. The number of rotatable bonds is 8. The number of pyridine rings is 1. The van der Waals surface area contributed by atoms with E-state index in [0.29, 0.717) is 19.4 Å². The number of hydrogen-bond acceptors (Lipinski definition) is 6. The number of aromatic nitrogens is 3. The van der Waals surface area contributed by atoms with E-state index in [4.69, 9.17) is 27.9 Å². The fourth-order valence-corrected chi connectivity index (χ4v) is 6.02. The Labute approximate surface area is 238 Å². The third-order valence-corrected chi connectivity index (χ3v) is 8.37. The van der Waals surface area contributed by atoms with E-state index < -0.39 is 58.7 Å². The summed E-state index contributed by atoms with van der Waals surface area (Å²) in [5, 5.41) is 13.3. The van der Waals surface area contributed by atoms with Crippen LogP contribution in [-0.2, 0) is 15.7 Å². The Morgan fingerprint density at radius 2 is 1.75 bits per heavy atom. The van der Waals surface area contributed by atoms with Crippen molar-refractivity contribution in [3.8, 4) is 0 Å². The summed E-state index contributed by atoms with van der Waals surface area (Å²) in [6.07, 6.45) is 0.179. The van der Waals surface area contributed by atoms with Crippen molar-refractivity contribution in [3.63, 3.8) is 0 Å². The van der Waals surface area contributed by atoms with Crippen LogP contribution in [0, 0.1) is 5.41 Å². The van der Waals surface area contributed by atoms with Crippen LogP contribution in [0.4, 0.5) is 13.2 Å². The van der Waals surface area contributed by atoms with Gasteiger partial charge in [-0.15, -0.1) is 0 Å². The number of carbonyl (C=O) groups excluding carboxylic acids is 2. The summed E-state index contributed by atoms with van der Waals surface area (Å²) in [6, 6.07) is -0.745. The second kappa shape index (κ2) is 11.3. The standard InChI is InChI=1S/C26H29Cl2F3N4O5/c1-24(23(38)39)7-4-15(5-8-24)35-21(26(29,30)31)16(10-33-35)22(37)34(14-25(2)6-3-9-40-25)13-19(36)20-17(27)11-32-12-18(20)28/h10-12,15H,3-9,13-14H2,1-2H3,(H,38,39)/t15-,24-,25-/m1/s1. The Morgan fingerprint density at radius 1 is 1.12 bits per heavy atom. The quantitative estimate of drug-likeness (QED) is 0.384. The summed E-state index contributed by atoms with van der Waals surface area (Å²) in [4.78, 5) is 43.4. The van der Waals surface area contributed by atoms with Crippen molar-refractivity contribution in [1.29, 1.82) is 0 Å². The van der Waals surface area contributed by atoms with Crippen molar-refractivity contribution in [2.45, 2.75) is 70.2 Å². The highest BCUT2D eigenvalue weighted by atomic mass is 35.5. The topological polar surface area (TPSA) is 115 Å². The number of Topliss-reactive ketones (excluding diaryl/α,β-unsaturated/α-hetero) is 1. The Hall–Kier alpha value is -2.70. The molecule has 0 bridgehead atoms. The largest absolute Gasteiger partial charge is 0.481 e. The van der Waals surface area contributed by atoms with Gasteiger partial charge < -0.3 is 14.7 Å². The molecule has 1 saturated carbocycles. The Kier molecular flexibility index (Phi) is 8.54. The Bertz CT molecular complexity index is 1280. The maximum atomic E-state index is 14.5. The molecular weight excluding hydrogens is 576 g/mol. The van der Waals surface area contributed by atoms with Gasteiger partial charge in [-0.05, 0) is 52.4 Å². The zero-order chi connectivity index (χ0) is 29.5. The lowest BCUT2D eigenvalue weighted by molar-refractivity contribution is -0.152. The molecule has 2 aromatic heterocycles. The predicted octanol–water partition coefficient (Wildman–Crippen LogP) is 5.70. The molecule has 0 unspecified atom stereocenters. The molecule has 1 aliphatic heterocycles. The van der Waals surface area contributed by atoms with E-state index in [0.717, 1.165) is 15.8 Å². The van der Waals surface area contributed by atoms with Crippen LogP contribution >= 0.6 is 23.2 Å². The van der Waals surface area contributed by atoms with E-state index in [1.54, 1.807) is 13.8 Å². The highest BCUT2D eigenvalue weighted by Gasteiger charge is 2.46. The summed E-state index contributed by atoms with van der Waals surface area (Å²) >= 11 is 12.2. The minimum atomic E-state index is -4.95. The summed E-state index contributed by atoms with van der Waals surface area (Å²) in [6.45, 7) is 2.95. The van der Waals surface area contributed by atoms with Crippen molar-refractivity contribution in [2.24, 2.45) is 5.41 Å². The van der Waals surface area contributed by atoms with E-state index in [-0.39, 0.29) is 47.8 Å². The van der Waals surface area contributed by atoms with Crippen molar-refractivity contribution >= 4 is 40.9 Å². The monoisotopic (exact) mass is 604 g/mol. The normalized spacial score (nSPS) is 25.1. The van der Waals surface area contributed by atoms with Crippen LogP contribution in [0.3, 0.4) is 0 Å². The first-order valence-corrected chi connectivity index (χ1v) is 13.5. The number of amides is 1. The van der Waals surface area contributed by atoms with Gasteiger partial charge in [0.15, 0.2) is 11.5 Å². The molecule has 0 spiro atoms. The molecule has 218 valence electrons. The highest BCUT2D eigenvalue weighted by molar-refractivity contribution is 6.39. The first kappa shape index (κ1) is 30.3. The van der Waals surface area contributed by atoms with Crippen LogP contribution in [-0.4, -0.2) is 67.7 Å². The predicted molar refractivity (Wildman–Crippen MR) is 139 cm³/mol. The molecule has 1 amide bonds. The van der Waals surface area contributed by atoms with Gasteiger partial charge in [0.1, 0.15) is 0 Å². The van der Waals surface area contributed by atoms with Gasteiger partial charge in [-0.25, -0.2) is 0 Å². The number of halogens is 5. The van der Waals surface area contributed by atoms with Crippen molar-refractivity contribution in [2.75, 3.05) is 19.7 Å². The number of hydrogen-bond donors (Lipinski definition) is 1. The molecular formula is C26H29Cl2F3N4O5. The first-order valence-electron chi connectivity index (χ1n) is 12.8. The lowest BCUT2D eigenvalue weighted by Crippen LogP contribution is -2.46. The number of ketones is 1. The van der Waals surface area contributed by atoms with E-state index in [1.807, 2.05) is 0 Å². The van der Waals surface area contributed by atoms with E-state index in [1.165, 1.54) is 12.4 Å². The molecule has 1 N–H and O–H groups in total. The van der Waals surface area contributed by atoms with Gasteiger partial charge in [0.25, 0.3) is 5.91 Å². The average Bonchev–Trinajstić information content (AvgIpc) is 3.50. The van der Waals surface area contributed by atoms with Gasteiger partial charge >= 0.3 is 12.1 Å². The van der Waals surface area contributed by atoms with Crippen molar-refractivity contribution in [3.05, 3.63) is 45.5 Å². The van der Waals surface area contributed by atoms with Gasteiger partial charge in [-0.2, -0.15) is 18.3 Å². The molecule has 0 radical (unpaired) electrons. The van der Waals surface area contributed by atoms with Crippen LogP contribution in [0.5, 0.6) is 0 Å². The van der Waals surface area contributed by atoms with Gasteiger partial charge in [-0.1, -0.05) is 23.2 Å². The lowest BCUT2D eigenvalue weighted by atomic mass is 9.74. The zero-order valence-electron chi connectivity index (χ0n) is 21.9. The first-order chi connectivity index (χ1) is 18.7. The second-order valence-corrected chi connectivity index (χ2v) is 11.7. The van der Waals surface area contributed by atoms with E-state index in [2.05, 4.69) is 10.1 Å². The van der Waals surface area contributed by atoms with Crippen molar-refractivity contribution in [1.82, 2.24) is 19.7 Å². The molecule has 1 saturated heterocycles. The Balaban J connectivity index is 1.69. The lowest BCUT2D eigenvalue weighted by Gasteiger charge is -2.35. The van der Waals surface area contributed by atoms with Gasteiger partial charge in [0.2, 0.25) is 0 Å². The number of aliphatic carboxylic acids is 1. The fraction of sp³-hybridized carbons (Fsp3) is 0.577. The molecule has 3 heterocycles. The molecule has 2 aromatic rings. The van der Waals surface area contributed by atoms with Gasteiger partial charge in [0, 0.05) is 19.0 Å². The number of alkyl halides is 3. The minimum Gasteiger partial charge on any atom is -0.481 e. The number of carbonyl (C=O) groups is 3. The van der Waals surface area contributed by atoms with Crippen LogP contribution < -0.4 is 0 Å². The van der Waals surface area contributed by atoms with Gasteiger partial charge in [0.05, 0.1) is 57.5 Å². The number of carboxylic acid groups (broad SMARTS) is 1. The third kappa shape index (κ3) is 6.13. The van der Waals surface area contributed by atoms with Crippen LogP contribution in [0.15, 0.2) is 18.6 Å². The van der Waals surface area contributed by atoms with Gasteiger partial charge in [-0.3, -0.25) is 24.0 Å². The summed E-state index contributed by atoms with van der Waals surface area (Å²) in [7, 11) is 0. The molecule has 9 nitrogen and oxygen atoms in total. The summed E-state index contributed by atoms with van der Waals surface area (Å²) in [5.74, 6) is -2.72. The Morgan fingerprint density at radius 3 is 2.27 bits per heavy atom. The van der Waals surface area contributed by atoms with E-state index in [9.17, 15) is 32.7 Å². The number of ether oxygens (including phenoxy) is 1. The summed E-state index contributed by atoms with van der Waals surface area (Å²) < 4.78 is 49.9. The van der Waals surface area contributed by atoms with Crippen LogP contribution in [0.25, 0.3) is 0 Å². The molecule has 4 rings (SSSR count). The van der Waals surface area contributed by atoms with Crippen LogP contribution in [0.1, 0.15) is 84.8 Å². The van der Waals surface area contributed by atoms with Crippen molar-refractivity contribution < 1.29 is 37.4 Å². The summed E-state index contributed by atoms with van der Waals surface area (Å²) in [5.41, 5.74) is -3.95. The average molecular weight is 605 g/mol. The SMILES string of the molecule is C[C@]1(CN(CC(=O)c2c(Cl)cncc2Cl)C(=O)c2cnn([C@H]3CC[C@](C)(C(=O)O)CC3)c2C(F)(F)F)CCCO1. The molecule has 1 aliphatic carbocycles. The van der Waals surface area contributed by atoms with E-state index >= 15 is 0 Å². The molecule has 40 heavy (non-hydrogen) atoms. The highest BCUT2D eigenvalue weighted by Crippen LogP contribution is 2.43. The minimum absolute atomic E-state index is 0.0531. The van der Waals surface area contributed by atoms with Crippen LogP contribution in [0.2, 0.25) is 10.0 Å². The number of carboxylic acids is 1. The third-order valence-electron chi connectivity index (χ3n) is 7.79. The zero-order valence-corrected chi connectivity index (χ0v) is 23.4. The number of nitrogens with zero attached hydrogens (tertiary/aromatic N) is 4. The second-order valence-electron chi connectivity index (χ2n) is 10.9. The molecule has 2 aliphatic rings. The molecule has 14 heteroatoms. The molecule has 0 aromatic carbocycles. The maximum Gasteiger partial charge on any atom is 0.433 e. The smallest absolute Gasteiger partial charge is 0.433 e.